The number of hydrogen-bond donors (Lipinski definition) is 5. The Bertz CT molecular complexity index is 835. The number of aliphatic carboxylic acids is 1. The lowest BCUT2D eigenvalue weighted by molar-refractivity contribution is -0.228. The first-order valence-electron chi connectivity index (χ1n) is 14.4. The van der Waals surface area contributed by atoms with Gasteiger partial charge in [0.15, 0.2) is 0 Å². The molecule has 0 aromatic rings. The molecular weight excluding hydrogens is 458 g/mol. The van der Waals surface area contributed by atoms with E-state index in [4.69, 9.17) is 5.11 Å². The van der Waals surface area contributed by atoms with Gasteiger partial charge in [-0.15, -0.1) is 0 Å². The lowest BCUT2D eigenvalue weighted by atomic mass is 9.41. The van der Waals surface area contributed by atoms with Gasteiger partial charge in [0.25, 0.3) is 0 Å². The predicted molar refractivity (Wildman–Crippen MR) is 137 cm³/mol. The monoisotopic (exact) mass is 507 g/mol. The van der Waals surface area contributed by atoms with Gasteiger partial charge in [-0.3, -0.25) is 9.59 Å². The number of rotatable bonds is 7. The van der Waals surface area contributed by atoms with Crippen LogP contribution in [0.1, 0.15) is 86.0 Å². The lowest BCUT2D eigenvalue weighted by Crippen LogP contribution is -2.65. The second-order valence-corrected chi connectivity index (χ2v) is 13.4. The molecule has 4 aliphatic rings. The van der Waals surface area contributed by atoms with Crippen molar-refractivity contribution in [2.45, 2.75) is 104 Å². The zero-order chi connectivity index (χ0) is 26.6. The molecule has 0 heterocycles. The number of carboxylic acids is 1. The first-order chi connectivity index (χ1) is 16.9. The molecule has 13 atom stereocenters. The van der Waals surface area contributed by atoms with Gasteiger partial charge in [0.05, 0.1) is 18.3 Å². The minimum absolute atomic E-state index is 0.0343. The third-order valence-corrected chi connectivity index (χ3v) is 11.8. The third kappa shape index (κ3) is 4.41. The van der Waals surface area contributed by atoms with Gasteiger partial charge in [-0.1, -0.05) is 41.0 Å². The second kappa shape index (κ2) is 10.2. The predicted octanol–water partition coefficient (Wildman–Crippen LogP) is 3.45. The summed E-state index contributed by atoms with van der Waals surface area (Å²) in [6.45, 7) is 10.4. The van der Waals surface area contributed by atoms with Gasteiger partial charge < -0.3 is 25.7 Å². The Kier molecular flexibility index (Phi) is 7.87. The van der Waals surface area contributed by atoms with Gasteiger partial charge in [0.2, 0.25) is 5.91 Å². The molecule has 0 aromatic heterocycles. The summed E-state index contributed by atoms with van der Waals surface area (Å²) in [5, 5.41) is 45.5. The van der Waals surface area contributed by atoms with Crippen molar-refractivity contribution in [2.75, 3.05) is 6.54 Å². The summed E-state index contributed by atoms with van der Waals surface area (Å²) in [6.07, 6.45) is 5.61. The molecule has 4 aliphatic carbocycles. The van der Waals surface area contributed by atoms with Crippen LogP contribution in [0.4, 0.5) is 0 Å². The van der Waals surface area contributed by atoms with Crippen molar-refractivity contribution < 1.29 is 30.0 Å². The van der Waals surface area contributed by atoms with E-state index in [2.05, 4.69) is 33.0 Å². The lowest BCUT2D eigenvalue weighted by Gasteiger charge is -2.65. The van der Waals surface area contributed by atoms with Crippen LogP contribution in [0.25, 0.3) is 0 Å². The number of carbonyl (C=O) groups excluding carboxylic acids is 1. The Labute approximate surface area is 216 Å². The minimum atomic E-state index is -1.05. The normalized spacial score (nSPS) is 47.7. The summed E-state index contributed by atoms with van der Waals surface area (Å²) in [7, 11) is 0. The molecule has 0 radical (unpaired) electrons. The Morgan fingerprint density at radius 2 is 1.69 bits per heavy atom. The maximum atomic E-state index is 12.4. The van der Waals surface area contributed by atoms with Crippen LogP contribution in [0.3, 0.4) is 0 Å². The van der Waals surface area contributed by atoms with E-state index in [0.29, 0.717) is 18.8 Å². The highest BCUT2D eigenvalue weighted by Crippen LogP contribution is 2.69. The molecule has 7 nitrogen and oxygen atoms in total. The van der Waals surface area contributed by atoms with Crippen molar-refractivity contribution in [1.29, 1.82) is 0 Å². The molecule has 36 heavy (non-hydrogen) atoms. The molecule has 206 valence electrons. The number of hydrogen-bond acceptors (Lipinski definition) is 5. The quantitative estimate of drug-likeness (QED) is 0.359. The van der Waals surface area contributed by atoms with Crippen LogP contribution in [-0.4, -0.2) is 57.2 Å². The standard InChI is InChI=1S/C29H49NO6/c1-6-18-21-12-17(31)9-10-28(21,4)22-13-23(32)29(5)19(7-8-20(29)25(22)26(18)35)15(2)11-16(3)27(36)30-14-24(33)34/h15-23,25-26,31-32,35H,6-14H2,1-5H3,(H,30,36)(H,33,34)/t15-,16-,17+,18+,19+,20?,21-,22?,23-,25?,26-,28-,29+/m0/s1. The van der Waals surface area contributed by atoms with Gasteiger partial charge in [-0.2, -0.15) is 0 Å². The summed E-state index contributed by atoms with van der Waals surface area (Å²) in [4.78, 5) is 23.3. The van der Waals surface area contributed by atoms with Gasteiger partial charge >= 0.3 is 5.97 Å². The Morgan fingerprint density at radius 3 is 2.33 bits per heavy atom. The molecule has 0 spiro atoms. The molecule has 4 saturated carbocycles. The molecule has 0 bridgehead atoms. The molecule has 0 aromatic carbocycles. The number of carbonyl (C=O) groups is 2. The fraction of sp³-hybridized carbons (Fsp3) is 0.931. The van der Waals surface area contributed by atoms with Gasteiger partial charge in [-0.05, 0) is 97.2 Å². The van der Waals surface area contributed by atoms with E-state index < -0.39 is 18.2 Å². The third-order valence-electron chi connectivity index (χ3n) is 11.8. The number of nitrogens with one attached hydrogen (secondary N) is 1. The number of aliphatic hydroxyl groups is 3. The van der Waals surface area contributed by atoms with Crippen LogP contribution < -0.4 is 5.32 Å². The van der Waals surface area contributed by atoms with Crippen molar-refractivity contribution >= 4 is 11.9 Å². The fourth-order valence-electron chi connectivity index (χ4n) is 10.1. The number of amides is 1. The van der Waals surface area contributed by atoms with Crippen molar-refractivity contribution in [3.05, 3.63) is 0 Å². The first kappa shape index (κ1) is 27.8. The summed E-state index contributed by atoms with van der Waals surface area (Å²) in [5.41, 5.74) is -0.277. The summed E-state index contributed by atoms with van der Waals surface area (Å²) in [6, 6.07) is 0. The van der Waals surface area contributed by atoms with E-state index in [-0.39, 0.29) is 70.8 Å². The Balaban J connectivity index is 1.56. The maximum absolute atomic E-state index is 12.4. The van der Waals surface area contributed by atoms with E-state index in [1.165, 1.54) is 0 Å². The van der Waals surface area contributed by atoms with Crippen LogP contribution >= 0.6 is 0 Å². The summed E-state index contributed by atoms with van der Waals surface area (Å²) < 4.78 is 0. The molecule has 0 saturated heterocycles. The average molecular weight is 508 g/mol. The van der Waals surface area contributed by atoms with Crippen molar-refractivity contribution in [3.8, 4) is 0 Å². The smallest absolute Gasteiger partial charge is 0.322 e. The molecule has 1 amide bonds. The van der Waals surface area contributed by atoms with Crippen LogP contribution in [0.15, 0.2) is 0 Å². The number of carboxylic acid groups (broad SMARTS) is 1. The van der Waals surface area contributed by atoms with Gasteiger partial charge in [0.1, 0.15) is 6.54 Å². The molecular formula is C29H49NO6. The van der Waals surface area contributed by atoms with Crippen molar-refractivity contribution in [3.63, 3.8) is 0 Å². The highest BCUT2D eigenvalue weighted by atomic mass is 16.4. The number of aliphatic hydroxyl groups excluding tert-OH is 3. The SMILES string of the molecule is CC[C@H]1[C@H](O)C2C3CC[C@H]([C@@H](C)C[C@H](C)C(=O)NCC(=O)O)[C@@]3(C)[C@@H](O)CC2[C@@]2(C)CC[C@@H](O)C[C@@H]12. The highest BCUT2D eigenvalue weighted by molar-refractivity contribution is 5.82. The van der Waals surface area contributed by atoms with Gasteiger partial charge in [0, 0.05) is 5.92 Å². The highest BCUT2D eigenvalue weighted by Gasteiger charge is 2.67. The molecule has 0 aliphatic heterocycles. The molecule has 4 fully saturated rings. The maximum Gasteiger partial charge on any atom is 0.322 e. The zero-order valence-electron chi connectivity index (χ0n) is 22.8. The van der Waals surface area contributed by atoms with Crippen LogP contribution in [0.2, 0.25) is 0 Å². The largest absolute Gasteiger partial charge is 0.480 e. The summed E-state index contributed by atoms with van der Waals surface area (Å²) >= 11 is 0. The second-order valence-electron chi connectivity index (χ2n) is 13.4. The van der Waals surface area contributed by atoms with E-state index in [0.717, 1.165) is 38.5 Å². The van der Waals surface area contributed by atoms with Crippen LogP contribution in [0.5, 0.6) is 0 Å². The molecule has 4 rings (SSSR count). The van der Waals surface area contributed by atoms with Crippen molar-refractivity contribution in [2.24, 2.45) is 58.2 Å². The molecule has 7 heteroatoms. The fourth-order valence-corrected chi connectivity index (χ4v) is 10.1. The average Bonchev–Trinajstić information content (AvgIpc) is 3.18. The minimum Gasteiger partial charge on any atom is -0.480 e. The Hall–Kier alpha value is -1.18. The van der Waals surface area contributed by atoms with E-state index in [1.54, 1.807) is 0 Å². The number of fused-ring (bicyclic) bond motifs is 5. The molecule has 5 N–H and O–H groups in total. The van der Waals surface area contributed by atoms with E-state index in [9.17, 15) is 24.9 Å². The first-order valence-corrected chi connectivity index (χ1v) is 14.4. The van der Waals surface area contributed by atoms with Crippen molar-refractivity contribution in [1.82, 2.24) is 5.32 Å². The van der Waals surface area contributed by atoms with E-state index >= 15 is 0 Å². The van der Waals surface area contributed by atoms with Gasteiger partial charge in [-0.25, -0.2) is 0 Å². The molecule has 3 unspecified atom stereocenters. The Morgan fingerprint density at radius 1 is 1.00 bits per heavy atom. The zero-order valence-corrected chi connectivity index (χ0v) is 22.8. The van der Waals surface area contributed by atoms with Crippen LogP contribution in [0, 0.1) is 58.2 Å². The van der Waals surface area contributed by atoms with Crippen LogP contribution in [-0.2, 0) is 9.59 Å². The van der Waals surface area contributed by atoms with E-state index in [1.807, 2.05) is 6.92 Å². The topological polar surface area (TPSA) is 127 Å². The summed E-state index contributed by atoms with van der Waals surface area (Å²) in [5.74, 6) is 0.00272.